The molecule has 1 fully saturated rings. The molecule has 4 rings (SSSR count). The maximum absolute atomic E-state index is 12.7. The molecule has 1 aromatic heterocycles. The lowest BCUT2D eigenvalue weighted by Gasteiger charge is -2.29. The fraction of sp³-hybridized carbons (Fsp3) is 0.269. The summed E-state index contributed by atoms with van der Waals surface area (Å²) in [5, 5.41) is 8.26. The molecular formula is C26H26N4O7. The van der Waals surface area contributed by atoms with E-state index in [4.69, 9.17) is 14.9 Å². The second-order valence-corrected chi connectivity index (χ2v) is 8.70. The predicted octanol–water partition coefficient (Wildman–Crippen LogP) is -0.0698. The number of amides is 4. The van der Waals surface area contributed by atoms with E-state index < -0.39 is 53.8 Å². The second kappa shape index (κ2) is 10.9. The van der Waals surface area contributed by atoms with Crippen LogP contribution in [0.5, 0.6) is 5.75 Å². The average Bonchev–Trinajstić information content (AvgIpc) is 2.86. The number of fused-ring (bicyclic) bond motifs is 1. The van der Waals surface area contributed by atoms with Gasteiger partial charge in [-0.05, 0) is 23.3 Å². The van der Waals surface area contributed by atoms with Crippen LogP contribution in [0.4, 0.5) is 0 Å². The summed E-state index contributed by atoms with van der Waals surface area (Å²) in [7, 11) is 1.47. The zero-order valence-electron chi connectivity index (χ0n) is 20.0. The van der Waals surface area contributed by atoms with Gasteiger partial charge < -0.3 is 30.8 Å². The minimum atomic E-state index is -1.17. The van der Waals surface area contributed by atoms with Crippen molar-refractivity contribution in [2.45, 2.75) is 37.4 Å². The number of nitrogens with one attached hydrogen (secondary N) is 3. The van der Waals surface area contributed by atoms with Crippen LogP contribution in [-0.2, 0) is 32.0 Å². The Morgan fingerprint density at radius 2 is 1.73 bits per heavy atom. The molecule has 3 aromatic rings. The molecule has 0 saturated carbocycles. The molecule has 1 aliphatic rings. The zero-order chi connectivity index (χ0) is 26.5. The van der Waals surface area contributed by atoms with Crippen molar-refractivity contribution in [3.63, 3.8) is 0 Å². The second-order valence-electron chi connectivity index (χ2n) is 8.70. The minimum absolute atomic E-state index is 0.0854. The van der Waals surface area contributed by atoms with Crippen LogP contribution in [0.25, 0.3) is 11.0 Å². The van der Waals surface area contributed by atoms with Gasteiger partial charge in [0, 0.05) is 30.4 Å². The Morgan fingerprint density at radius 1 is 1.03 bits per heavy atom. The van der Waals surface area contributed by atoms with Crippen LogP contribution in [-0.4, -0.2) is 48.9 Å². The highest BCUT2D eigenvalue weighted by Crippen LogP contribution is 2.23. The van der Waals surface area contributed by atoms with Crippen molar-refractivity contribution in [1.82, 2.24) is 16.0 Å². The molecule has 0 spiro atoms. The summed E-state index contributed by atoms with van der Waals surface area (Å²) in [6, 6.07) is 12.3. The van der Waals surface area contributed by atoms with E-state index in [-0.39, 0.29) is 12.0 Å². The number of ether oxygens (including phenoxy) is 1. The first-order valence-corrected chi connectivity index (χ1v) is 11.6. The largest absolute Gasteiger partial charge is 0.497 e. The molecule has 4 amide bonds. The van der Waals surface area contributed by atoms with E-state index in [9.17, 15) is 24.0 Å². The Kier molecular flexibility index (Phi) is 7.52. The summed E-state index contributed by atoms with van der Waals surface area (Å²) < 4.78 is 10.4. The number of methoxy groups -OCH3 is 1. The Labute approximate surface area is 211 Å². The van der Waals surface area contributed by atoms with Gasteiger partial charge in [0.25, 0.3) is 0 Å². The number of hydrogen-bond acceptors (Lipinski definition) is 7. The molecule has 0 bridgehead atoms. The third-order valence-corrected chi connectivity index (χ3v) is 6.08. The van der Waals surface area contributed by atoms with Gasteiger partial charge in [-0.25, -0.2) is 4.79 Å². The number of rotatable bonds is 9. The van der Waals surface area contributed by atoms with E-state index in [1.807, 2.05) is 30.3 Å². The van der Waals surface area contributed by atoms with Gasteiger partial charge in [0.15, 0.2) is 0 Å². The quantitative estimate of drug-likeness (QED) is 0.294. The van der Waals surface area contributed by atoms with Crippen molar-refractivity contribution in [2.75, 3.05) is 7.11 Å². The molecule has 2 aromatic carbocycles. The molecule has 11 heteroatoms. The van der Waals surface area contributed by atoms with Crippen molar-refractivity contribution in [2.24, 2.45) is 5.73 Å². The van der Waals surface area contributed by atoms with E-state index in [0.29, 0.717) is 23.1 Å². The van der Waals surface area contributed by atoms with Gasteiger partial charge in [-0.2, -0.15) is 0 Å². The highest BCUT2D eigenvalue weighted by Gasteiger charge is 2.35. The third kappa shape index (κ3) is 6.13. The number of benzene rings is 2. The monoisotopic (exact) mass is 506 g/mol. The smallest absolute Gasteiger partial charge is 0.336 e. The highest BCUT2D eigenvalue weighted by molar-refractivity contribution is 5.99. The van der Waals surface area contributed by atoms with Gasteiger partial charge >= 0.3 is 5.63 Å². The molecule has 37 heavy (non-hydrogen) atoms. The summed E-state index contributed by atoms with van der Waals surface area (Å²) >= 11 is 0. The third-order valence-electron chi connectivity index (χ3n) is 6.08. The number of carbonyl (C=O) groups is 4. The Bertz CT molecular complexity index is 1400. The van der Waals surface area contributed by atoms with Crippen LogP contribution in [0.15, 0.2) is 63.8 Å². The SMILES string of the molecule is COc1ccc2c(C[C@H](NC(=O)C[C@@H]3NC(=O)[C@H](Cc4ccccc4)NC3=O)C(N)=O)cc(=O)oc2c1. The summed E-state index contributed by atoms with van der Waals surface area (Å²) in [6.07, 6.45) is -0.169. The van der Waals surface area contributed by atoms with Gasteiger partial charge in [-0.1, -0.05) is 30.3 Å². The van der Waals surface area contributed by atoms with Crippen molar-refractivity contribution in [3.05, 3.63) is 76.1 Å². The van der Waals surface area contributed by atoms with E-state index in [2.05, 4.69) is 16.0 Å². The van der Waals surface area contributed by atoms with Gasteiger partial charge in [0.05, 0.1) is 13.5 Å². The average molecular weight is 507 g/mol. The summed E-state index contributed by atoms with van der Waals surface area (Å²) in [5.74, 6) is -1.94. The first-order valence-electron chi connectivity index (χ1n) is 11.6. The minimum Gasteiger partial charge on any atom is -0.497 e. The number of primary amides is 1. The number of piperazine rings is 1. The lowest BCUT2D eigenvalue weighted by Crippen LogP contribution is -2.63. The highest BCUT2D eigenvalue weighted by atomic mass is 16.5. The fourth-order valence-electron chi connectivity index (χ4n) is 4.20. The lowest BCUT2D eigenvalue weighted by molar-refractivity contribution is -0.138. The molecule has 1 aliphatic heterocycles. The number of nitrogens with two attached hydrogens (primary N) is 1. The molecule has 3 atom stereocenters. The molecule has 1 saturated heterocycles. The van der Waals surface area contributed by atoms with Crippen LogP contribution in [0.1, 0.15) is 17.5 Å². The standard InChI is InChI=1S/C26H26N4O7/c1-36-16-7-8-17-15(11-23(32)37-21(17)12-16)10-18(24(27)33)28-22(31)13-20-26(35)29-19(25(34)30-20)9-14-5-3-2-4-6-14/h2-8,11-12,18-20H,9-10,13H2,1H3,(H2,27,33)(H,28,31)(H,29,35)(H,30,34)/t18-,19-,20-/m0/s1. The van der Waals surface area contributed by atoms with Crippen molar-refractivity contribution in [1.29, 1.82) is 0 Å². The normalized spacial score (nSPS) is 18.0. The predicted molar refractivity (Wildman–Crippen MR) is 132 cm³/mol. The molecule has 11 nitrogen and oxygen atoms in total. The first kappa shape index (κ1) is 25.4. The number of hydrogen-bond donors (Lipinski definition) is 4. The molecule has 0 radical (unpaired) electrons. The topological polar surface area (TPSA) is 170 Å². The van der Waals surface area contributed by atoms with Gasteiger partial charge in [-0.15, -0.1) is 0 Å². The van der Waals surface area contributed by atoms with E-state index in [1.165, 1.54) is 19.2 Å². The van der Waals surface area contributed by atoms with Crippen LogP contribution in [0.3, 0.4) is 0 Å². The van der Waals surface area contributed by atoms with Crippen molar-refractivity contribution >= 4 is 34.6 Å². The Morgan fingerprint density at radius 3 is 2.43 bits per heavy atom. The van der Waals surface area contributed by atoms with Gasteiger partial charge in [0.2, 0.25) is 23.6 Å². The van der Waals surface area contributed by atoms with Crippen molar-refractivity contribution in [3.8, 4) is 5.75 Å². The van der Waals surface area contributed by atoms with Crippen LogP contribution in [0.2, 0.25) is 0 Å². The maximum Gasteiger partial charge on any atom is 0.336 e. The van der Waals surface area contributed by atoms with E-state index in [0.717, 1.165) is 5.56 Å². The summed E-state index contributed by atoms with van der Waals surface area (Å²) in [6.45, 7) is 0. The molecule has 0 unspecified atom stereocenters. The lowest BCUT2D eigenvalue weighted by atomic mass is 10.00. The van der Waals surface area contributed by atoms with Gasteiger partial charge in [0.1, 0.15) is 29.5 Å². The van der Waals surface area contributed by atoms with Crippen molar-refractivity contribution < 1.29 is 28.3 Å². The summed E-state index contributed by atoms with van der Waals surface area (Å²) in [5.41, 5.74) is 6.44. The molecule has 5 N–H and O–H groups in total. The Balaban J connectivity index is 1.41. The molecule has 192 valence electrons. The first-order chi connectivity index (χ1) is 17.7. The van der Waals surface area contributed by atoms with E-state index >= 15 is 0 Å². The van der Waals surface area contributed by atoms with Crippen LogP contribution < -0.4 is 32.0 Å². The molecular weight excluding hydrogens is 480 g/mol. The van der Waals surface area contributed by atoms with Gasteiger partial charge in [-0.3, -0.25) is 19.2 Å². The molecule has 2 heterocycles. The van der Waals surface area contributed by atoms with Crippen LogP contribution >= 0.6 is 0 Å². The van der Waals surface area contributed by atoms with Crippen LogP contribution in [0, 0.1) is 0 Å². The fourth-order valence-corrected chi connectivity index (χ4v) is 4.20. The summed E-state index contributed by atoms with van der Waals surface area (Å²) in [4.78, 5) is 62.0. The maximum atomic E-state index is 12.7. The number of carbonyl (C=O) groups excluding carboxylic acids is 4. The zero-order valence-corrected chi connectivity index (χ0v) is 20.0. The molecule has 0 aliphatic carbocycles. The van der Waals surface area contributed by atoms with E-state index in [1.54, 1.807) is 12.1 Å². The Hall–Kier alpha value is -4.67.